The summed E-state index contributed by atoms with van der Waals surface area (Å²) in [6.07, 6.45) is 0.894. The second kappa shape index (κ2) is 4.55. The first kappa shape index (κ1) is 11.4. The minimum atomic E-state index is -0.132. The molecule has 2 aromatic rings. The Hall–Kier alpha value is -1.66. The van der Waals surface area contributed by atoms with Gasteiger partial charge in [-0.2, -0.15) is 5.10 Å². The Bertz CT molecular complexity index is 595. The lowest BCUT2D eigenvalue weighted by Crippen LogP contribution is -2.22. The molecule has 0 fully saturated rings. The van der Waals surface area contributed by atoms with Crippen molar-refractivity contribution >= 4 is 12.2 Å². The predicted molar refractivity (Wildman–Crippen MR) is 67.9 cm³/mol. The number of fused-ring (bicyclic) bond motifs is 1. The Morgan fingerprint density at radius 1 is 1.50 bits per heavy atom. The van der Waals surface area contributed by atoms with Gasteiger partial charge in [0, 0.05) is 6.42 Å². The van der Waals surface area contributed by atoms with Crippen molar-refractivity contribution in [3.05, 3.63) is 40.4 Å². The second-order valence-electron chi connectivity index (χ2n) is 4.27. The van der Waals surface area contributed by atoms with Gasteiger partial charge in [-0.25, -0.2) is 0 Å². The van der Waals surface area contributed by atoms with Gasteiger partial charge in [0.2, 0.25) is 0 Å². The number of nitrogens with zero attached hydrogens (tertiary/aromatic N) is 2. The summed E-state index contributed by atoms with van der Waals surface area (Å²) in [5.41, 5.74) is 1.21. The summed E-state index contributed by atoms with van der Waals surface area (Å²) in [7, 11) is 0. The first-order chi connectivity index (χ1) is 8.78. The highest BCUT2D eigenvalue weighted by Crippen LogP contribution is 2.28. The van der Waals surface area contributed by atoms with Crippen LogP contribution in [0.3, 0.4) is 0 Å². The van der Waals surface area contributed by atoms with Crippen molar-refractivity contribution in [2.24, 2.45) is 0 Å². The normalized spacial score (nSPS) is 17.5. The number of aromatic nitrogens is 3. The van der Waals surface area contributed by atoms with E-state index in [4.69, 9.17) is 17.0 Å². The molecule has 0 saturated carbocycles. The third-order valence-corrected chi connectivity index (χ3v) is 3.39. The molecule has 1 atom stereocenters. The van der Waals surface area contributed by atoms with Crippen molar-refractivity contribution in [1.29, 1.82) is 0 Å². The van der Waals surface area contributed by atoms with E-state index in [1.807, 2.05) is 18.2 Å². The third kappa shape index (κ3) is 1.93. The molecule has 1 aliphatic heterocycles. The number of para-hydroxylation sites is 1. The molecule has 18 heavy (non-hydrogen) atoms. The van der Waals surface area contributed by atoms with Gasteiger partial charge in [0.05, 0.1) is 6.54 Å². The van der Waals surface area contributed by atoms with Crippen LogP contribution in [-0.2, 0) is 19.6 Å². The standard InChI is InChI=1S/C12H13N3O2S/c16-7-11-13-14-12(18)15(11)6-9-5-8-3-1-2-4-10(8)17-9/h1-4,9,16H,5-7H2,(H,14,18). The molecule has 5 nitrogen and oxygen atoms in total. The van der Waals surface area contributed by atoms with Gasteiger partial charge in [0.15, 0.2) is 10.6 Å². The number of rotatable bonds is 3. The van der Waals surface area contributed by atoms with Crippen LogP contribution in [0.4, 0.5) is 0 Å². The highest BCUT2D eigenvalue weighted by molar-refractivity contribution is 7.71. The largest absolute Gasteiger partial charge is 0.488 e. The number of nitrogens with one attached hydrogen (secondary N) is 1. The summed E-state index contributed by atoms with van der Waals surface area (Å²) in [5, 5.41) is 15.8. The van der Waals surface area contributed by atoms with Gasteiger partial charge in [0.25, 0.3) is 0 Å². The van der Waals surface area contributed by atoms with E-state index >= 15 is 0 Å². The van der Waals surface area contributed by atoms with Crippen molar-refractivity contribution < 1.29 is 9.84 Å². The molecule has 3 rings (SSSR count). The van der Waals surface area contributed by atoms with E-state index in [-0.39, 0.29) is 12.7 Å². The molecule has 0 bridgehead atoms. The SMILES string of the molecule is OCc1n[nH]c(=S)n1CC1Cc2ccccc2O1. The minimum Gasteiger partial charge on any atom is -0.488 e. The zero-order valence-corrected chi connectivity index (χ0v) is 10.5. The number of benzene rings is 1. The molecule has 1 aromatic heterocycles. The van der Waals surface area contributed by atoms with Crippen LogP contribution in [0, 0.1) is 4.77 Å². The van der Waals surface area contributed by atoms with E-state index in [2.05, 4.69) is 16.3 Å². The maximum absolute atomic E-state index is 9.19. The van der Waals surface area contributed by atoms with E-state index < -0.39 is 0 Å². The topological polar surface area (TPSA) is 63.1 Å². The quantitative estimate of drug-likeness (QED) is 0.822. The molecule has 2 heterocycles. The van der Waals surface area contributed by atoms with Crippen molar-refractivity contribution in [2.75, 3.05) is 0 Å². The summed E-state index contributed by atoms with van der Waals surface area (Å²) in [6, 6.07) is 8.00. The molecule has 1 aliphatic rings. The highest BCUT2D eigenvalue weighted by Gasteiger charge is 2.23. The number of H-pyrrole nitrogens is 1. The second-order valence-corrected chi connectivity index (χ2v) is 4.65. The molecule has 1 unspecified atom stereocenters. The molecule has 0 spiro atoms. The number of aromatic amines is 1. The molecule has 94 valence electrons. The average Bonchev–Trinajstić information content (AvgIpc) is 2.94. The van der Waals surface area contributed by atoms with E-state index in [0.717, 1.165) is 12.2 Å². The van der Waals surface area contributed by atoms with Gasteiger partial charge in [-0.05, 0) is 23.8 Å². The molecule has 0 amide bonds. The fourth-order valence-electron chi connectivity index (χ4n) is 2.22. The Labute approximate surface area is 109 Å². The lowest BCUT2D eigenvalue weighted by Gasteiger charge is -2.12. The van der Waals surface area contributed by atoms with E-state index in [1.54, 1.807) is 4.57 Å². The van der Waals surface area contributed by atoms with Crippen LogP contribution >= 0.6 is 12.2 Å². The minimum absolute atomic E-state index is 0.0389. The zero-order valence-electron chi connectivity index (χ0n) is 9.67. The number of hydrogen-bond acceptors (Lipinski definition) is 4. The molecule has 0 saturated heterocycles. The first-order valence-corrected chi connectivity index (χ1v) is 6.18. The van der Waals surface area contributed by atoms with Gasteiger partial charge < -0.3 is 9.84 Å². The van der Waals surface area contributed by atoms with Crippen LogP contribution in [0.25, 0.3) is 0 Å². The monoisotopic (exact) mass is 263 g/mol. The van der Waals surface area contributed by atoms with Gasteiger partial charge in [0.1, 0.15) is 18.5 Å². The van der Waals surface area contributed by atoms with Crippen molar-refractivity contribution in [3.63, 3.8) is 0 Å². The Morgan fingerprint density at radius 2 is 2.33 bits per heavy atom. The Kier molecular flexibility index (Phi) is 2.89. The molecule has 2 N–H and O–H groups in total. The summed E-state index contributed by atoms with van der Waals surface area (Å²) in [4.78, 5) is 0. The summed E-state index contributed by atoms with van der Waals surface area (Å²) in [6.45, 7) is 0.465. The number of aliphatic hydroxyl groups is 1. The molecule has 1 aromatic carbocycles. The number of aliphatic hydroxyl groups excluding tert-OH is 1. The first-order valence-electron chi connectivity index (χ1n) is 5.77. The molecular formula is C12H13N3O2S. The maximum atomic E-state index is 9.19. The van der Waals surface area contributed by atoms with Gasteiger partial charge in [-0.1, -0.05) is 18.2 Å². The number of ether oxygens (including phenoxy) is 1. The zero-order chi connectivity index (χ0) is 12.5. The smallest absolute Gasteiger partial charge is 0.195 e. The fraction of sp³-hybridized carbons (Fsp3) is 0.333. The summed E-state index contributed by atoms with van der Waals surface area (Å²) >= 11 is 5.14. The summed E-state index contributed by atoms with van der Waals surface area (Å²) in [5.74, 6) is 1.47. The van der Waals surface area contributed by atoms with E-state index in [1.165, 1.54) is 5.56 Å². The molecule has 6 heteroatoms. The lowest BCUT2D eigenvalue weighted by atomic mass is 10.1. The number of hydrogen-bond donors (Lipinski definition) is 2. The van der Waals surface area contributed by atoms with Crippen LogP contribution in [0.5, 0.6) is 5.75 Å². The third-order valence-electron chi connectivity index (χ3n) is 3.08. The van der Waals surface area contributed by atoms with E-state index in [0.29, 0.717) is 17.1 Å². The fourth-order valence-corrected chi connectivity index (χ4v) is 2.44. The average molecular weight is 263 g/mol. The van der Waals surface area contributed by atoms with Crippen LogP contribution in [-0.4, -0.2) is 26.0 Å². The summed E-state index contributed by atoms with van der Waals surface area (Å²) < 4.78 is 8.14. The molecular weight excluding hydrogens is 250 g/mol. The maximum Gasteiger partial charge on any atom is 0.195 e. The van der Waals surface area contributed by atoms with Gasteiger partial charge >= 0.3 is 0 Å². The van der Waals surface area contributed by atoms with E-state index in [9.17, 15) is 5.11 Å². The van der Waals surface area contributed by atoms with Crippen molar-refractivity contribution in [3.8, 4) is 5.75 Å². The molecule has 0 radical (unpaired) electrons. The van der Waals surface area contributed by atoms with Crippen LogP contribution < -0.4 is 4.74 Å². The Balaban J connectivity index is 1.80. The van der Waals surface area contributed by atoms with Crippen LogP contribution in [0.2, 0.25) is 0 Å². The van der Waals surface area contributed by atoms with Gasteiger partial charge in [-0.3, -0.25) is 9.67 Å². The van der Waals surface area contributed by atoms with Gasteiger partial charge in [-0.15, -0.1) is 0 Å². The van der Waals surface area contributed by atoms with Crippen molar-refractivity contribution in [2.45, 2.75) is 25.7 Å². The van der Waals surface area contributed by atoms with Crippen LogP contribution in [0.1, 0.15) is 11.4 Å². The Morgan fingerprint density at radius 3 is 3.11 bits per heavy atom. The van der Waals surface area contributed by atoms with Crippen LogP contribution in [0.15, 0.2) is 24.3 Å². The van der Waals surface area contributed by atoms with Crippen molar-refractivity contribution in [1.82, 2.24) is 14.8 Å². The predicted octanol–water partition coefficient (Wildman–Crippen LogP) is 1.44. The highest BCUT2D eigenvalue weighted by atomic mass is 32.1. The lowest BCUT2D eigenvalue weighted by molar-refractivity contribution is 0.199. The molecule has 0 aliphatic carbocycles.